The average Bonchev–Trinajstić information content (AvgIpc) is 2.30. The van der Waals surface area contributed by atoms with E-state index < -0.39 is 27.8 Å². The zero-order chi connectivity index (χ0) is 13.9. The summed E-state index contributed by atoms with van der Waals surface area (Å²) in [5.74, 6) is -0.865. The van der Waals surface area contributed by atoms with Crippen LogP contribution in [0.5, 0.6) is 0 Å². The summed E-state index contributed by atoms with van der Waals surface area (Å²) in [6.07, 6.45) is 0. The van der Waals surface area contributed by atoms with Crippen LogP contribution in [-0.2, 0) is 16.6 Å². The second-order valence-corrected chi connectivity index (χ2v) is 4.06. The van der Waals surface area contributed by atoms with Crippen molar-refractivity contribution < 1.29 is 14.5 Å². The van der Waals surface area contributed by atoms with Gasteiger partial charge in [-0.2, -0.15) is 0 Å². The highest BCUT2D eigenvalue weighted by atomic mass is 32.2. The fraction of sp³-hybridized carbons (Fsp3) is 0.375. The van der Waals surface area contributed by atoms with Crippen molar-refractivity contribution in [1.82, 2.24) is 9.55 Å². The number of carbonyl (C=O) groups is 1. The summed E-state index contributed by atoms with van der Waals surface area (Å²) in [5.41, 5.74) is -2.67. The Bertz CT molecular complexity index is 604. The molecule has 0 spiro atoms. The highest BCUT2D eigenvalue weighted by molar-refractivity contribution is 8.00. The Morgan fingerprint density at radius 2 is 2.17 bits per heavy atom. The van der Waals surface area contributed by atoms with Crippen molar-refractivity contribution in [3.8, 4) is 0 Å². The zero-order valence-electron chi connectivity index (χ0n) is 9.46. The molecule has 1 rings (SSSR count). The SMILES string of the molecule is COC(=O)CSc1c([N+](=O)[O-])c(=O)[nH]c(=O)n1C. The molecule has 0 aliphatic rings. The van der Waals surface area contributed by atoms with Crippen molar-refractivity contribution in [1.29, 1.82) is 0 Å². The summed E-state index contributed by atoms with van der Waals surface area (Å²) in [6.45, 7) is 0. The van der Waals surface area contributed by atoms with Gasteiger partial charge < -0.3 is 4.74 Å². The number of aromatic amines is 1. The van der Waals surface area contributed by atoms with E-state index in [1.165, 1.54) is 7.05 Å². The number of ether oxygens (including phenoxy) is 1. The van der Waals surface area contributed by atoms with E-state index in [4.69, 9.17) is 0 Å². The van der Waals surface area contributed by atoms with E-state index in [9.17, 15) is 24.5 Å². The molecule has 0 atom stereocenters. The number of hydrogen-bond donors (Lipinski definition) is 1. The lowest BCUT2D eigenvalue weighted by atomic mass is 10.5. The van der Waals surface area contributed by atoms with Gasteiger partial charge in [0.15, 0.2) is 5.03 Å². The third-order valence-electron chi connectivity index (χ3n) is 1.98. The van der Waals surface area contributed by atoms with Crippen molar-refractivity contribution in [2.75, 3.05) is 12.9 Å². The van der Waals surface area contributed by atoms with Crippen LogP contribution in [0.25, 0.3) is 0 Å². The largest absolute Gasteiger partial charge is 0.468 e. The molecule has 1 heterocycles. The molecule has 0 fully saturated rings. The predicted molar refractivity (Wildman–Crippen MR) is 61.7 cm³/mol. The van der Waals surface area contributed by atoms with E-state index >= 15 is 0 Å². The van der Waals surface area contributed by atoms with Crippen LogP contribution in [-0.4, -0.2) is 33.3 Å². The summed E-state index contributed by atoms with van der Waals surface area (Å²) in [4.78, 5) is 45.3. The van der Waals surface area contributed by atoms with Crippen LogP contribution < -0.4 is 11.2 Å². The van der Waals surface area contributed by atoms with Gasteiger partial charge in [0.1, 0.15) is 0 Å². The molecule has 0 aliphatic carbocycles. The Hall–Kier alpha value is -2.10. The number of thioether (sulfide) groups is 1. The second kappa shape index (κ2) is 5.49. The van der Waals surface area contributed by atoms with E-state index in [1.807, 2.05) is 4.98 Å². The van der Waals surface area contributed by atoms with Crippen LogP contribution >= 0.6 is 11.8 Å². The number of rotatable bonds is 4. The number of nitrogens with zero attached hydrogens (tertiary/aromatic N) is 2. The molecular formula is C8H9N3O6S. The Morgan fingerprint density at radius 3 is 2.67 bits per heavy atom. The van der Waals surface area contributed by atoms with Gasteiger partial charge in [-0.25, -0.2) is 4.79 Å². The lowest BCUT2D eigenvalue weighted by Crippen LogP contribution is -2.31. The minimum atomic E-state index is -1.10. The first kappa shape index (κ1) is 14.0. The molecule has 0 unspecified atom stereocenters. The lowest BCUT2D eigenvalue weighted by Gasteiger charge is -2.06. The lowest BCUT2D eigenvalue weighted by molar-refractivity contribution is -0.390. The van der Waals surface area contributed by atoms with Gasteiger partial charge in [0.2, 0.25) is 0 Å². The van der Waals surface area contributed by atoms with Gasteiger partial charge >= 0.3 is 22.9 Å². The molecule has 0 aliphatic heterocycles. The first-order chi connectivity index (χ1) is 8.38. The second-order valence-electron chi connectivity index (χ2n) is 3.09. The molecule has 1 N–H and O–H groups in total. The van der Waals surface area contributed by atoms with Crippen LogP contribution in [0.2, 0.25) is 0 Å². The number of H-pyrrole nitrogens is 1. The van der Waals surface area contributed by atoms with Gasteiger partial charge in [-0.3, -0.25) is 29.3 Å². The highest BCUT2D eigenvalue weighted by Gasteiger charge is 2.24. The molecule has 0 saturated heterocycles. The number of hydrogen-bond acceptors (Lipinski definition) is 7. The molecule has 98 valence electrons. The van der Waals surface area contributed by atoms with Crippen LogP contribution in [0.1, 0.15) is 0 Å². The van der Waals surface area contributed by atoms with E-state index in [-0.39, 0.29) is 10.8 Å². The molecule has 0 radical (unpaired) electrons. The number of carbonyl (C=O) groups excluding carboxylic acids is 1. The Morgan fingerprint density at radius 1 is 1.56 bits per heavy atom. The van der Waals surface area contributed by atoms with Gasteiger partial charge in [0.25, 0.3) is 0 Å². The predicted octanol–water partition coefficient (Wildman–Crippen LogP) is -0.753. The monoisotopic (exact) mass is 275 g/mol. The van der Waals surface area contributed by atoms with Crippen molar-refractivity contribution in [3.63, 3.8) is 0 Å². The minimum Gasteiger partial charge on any atom is -0.468 e. The molecule has 1 aromatic rings. The molecule has 18 heavy (non-hydrogen) atoms. The number of aromatic nitrogens is 2. The van der Waals surface area contributed by atoms with Crippen molar-refractivity contribution in [2.24, 2.45) is 7.05 Å². The van der Waals surface area contributed by atoms with Crippen LogP contribution in [0.3, 0.4) is 0 Å². The molecule has 0 saturated carbocycles. The minimum absolute atomic E-state index is 0.195. The fourth-order valence-corrected chi connectivity index (χ4v) is 2.05. The molecule has 9 nitrogen and oxygen atoms in total. The van der Waals surface area contributed by atoms with Crippen LogP contribution in [0.4, 0.5) is 5.69 Å². The Labute approximate surface area is 104 Å². The first-order valence-electron chi connectivity index (χ1n) is 4.55. The topological polar surface area (TPSA) is 124 Å². The molecule has 0 bridgehead atoms. The zero-order valence-corrected chi connectivity index (χ0v) is 10.3. The third-order valence-corrected chi connectivity index (χ3v) is 3.11. The van der Waals surface area contributed by atoms with Crippen molar-refractivity contribution in [2.45, 2.75) is 5.03 Å². The van der Waals surface area contributed by atoms with E-state index in [2.05, 4.69) is 4.74 Å². The van der Waals surface area contributed by atoms with Gasteiger partial charge in [-0.1, -0.05) is 11.8 Å². The van der Waals surface area contributed by atoms with Gasteiger partial charge in [-0.15, -0.1) is 0 Å². The molecule has 0 amide bonds. The summed E-state index contributed by atoms with van der Waals surface area (Å²) >= 11 is 0.690. The van der Waals surface area contributed by atoms with Gasteiger partial charge in [0.05, 0.1) is 17.8 Å². The number of methoxy groups -OCH3 is 1. The third kappa shape index (κ3) is 2.77. The quantitative estimate of drug-likeness (QED) is 0.252. The number of esters is 1. The standard InChI is InChI=1S/C8H9N3O6S/c1-10-7(18-3-4(12)17-2)5(11(15)16)6(13)9-8(10)14/h3H2,1-2H3,(H,9,13,14). The van der Waals surface area contributed by atoms with Gasteiger partial charge in [0, 0.05) is 7.05 Å². The summed E-state index contributed by atoms with van der Waals surface area (Å²) in [7, 11) is 2.42. The average molecular weight is 275 g/mol. The van der Waals surface area contributed by atoms with Crippen LogP contribution in [0.15, 0.2) is 14.6 Å². The molecule has 1 aromatic heterocycles. The number of nitro groups is 1. The summed E-state index contributed by atoms with van der Waals surface area (Å²) in [6, 6.07) is 0. The molecule has 10 heteroatoms. The van der Waals surface area contributed by atoms with E-state index in [1.54, 1.807) is 0 Å². The maximum Gasteiger partial charge on any atom is 0.364 e. The number of nitrogens with one attached hydrogen (secondary N) is 1. The highest BCUT2D eigenvalue weighted by Crippen LogP contribution is 2.23. The fourth-order valence-electron chi connectivity index (χ4n) is 1.10. The Balaban J connectivity index is 3.31. The Kier molecular flexibility index (Phi) is 4.26. The summed E-state index contributed by atoms with van der Waals surface area (Å²) < 4.78 is 5.27. The van der Waals surface area contributed by atoms with Gasteiger partial charge in [-0.05, 0) is 0 Å². The van der Waals surface area contributed by atoms with E-state index in [0.29, 0.717) is 11.8 Å². The maximum absolute atomic E-state index is 11.3. The van der Waals surface area contributed by atoms with Crippen molar-refractivity contribution in [3.05, 3.63) is 31.0 Å². The maximum atomic E-state index is 11.3. The van der Waals surface area contributed by atoms with Crippen LogP contribution in [0, 0.1) is 10.1 Å². The smallest absolute Gasteiger partial charge is 0.364 e. The van der Waals surface area contributed by atoms with Crippen molar-refractivity contribution >= 4 is 23.4 Å². The molecule has 0 aromatic carbocycles. The molecular weight excluding hydrogens is 266 g/mol. The normalized spacial score (nSPS) is 10.1. The van der Waals surface area contributed by atoms with E-state index in [0.717, 1.165) is 11.7 Å². The summed E-state index contributed by atoms with van der Waals surface area (Å²) in [5, 5.41) is 10.6. The first-order valence-corrected chi connectivity index (χ1v) is 5.54.